The number of hydrogen-bond donors (Lipinski definition) is 0. The van der Waals surface area contributed by atoms with Crippen molar-refractivity contribution in [3.63, 3.8) is 0 Å². The van der Waals surface area contributed by atoms with Gasteiger partial charge < -0.3 is 4.90 Å². The molecule has 1 aliphatic heterocycles. The van der Waals surface area contributed by atoms with E-state index in [-0.39, 0.29) is 0 Å². The van der Waals surface area contributed by atoms with Crippen LogP contribution in [-0.4, -0.2) is 30.3 Å². The highest BCUT2D eigenvalue weighted by Crippen LogP contribution is 2.08. The predicted molar refractivity (Wildman–Crippen MR) is 50.2 cm³/mol. The second kappa shape index (κ2) is 5.31. The number of carbonyl (C=O) groups is 1. The standard InChI is InChI=1S/C10H19NO/c1-2-10(12)6-5-9-11-7-3-4-8-11/h2-9H2,1H3. The fourth-order valence-corrected chi connectivity index (χ4v) is 1.68. The smallest absolute Gasteiger partial charge is 0.132 e. The second-order valence-electron chi connectivity index (χ2n) is 3.54. The maximum absolute atomic E-state index is 11.0. The van der Waals surface area contributed by atoms with Gasteiger partial charge in [0.25, 0.3) is 0 Å². The van der Waals surface area contributed by atoms with Crippen molar-refractivity contribution in [3.8, 4) is 0 Å². The molecule has 2 nitrogen and oxygen atoms in total. The molecule has 1 fully saturated rings. The molecule has 0 aliphatic carbocycles. The lowest BCUT2D eigenvalue weighted by Gasteiger charge is -2.13. The van der Waals surface area contributed by atoms with Crippen LogP contribution in [0.4, 0.5) is 0 Å². The number of carbonyl (C=O) groups excluding carboxylic acids is 1. The number of ketones is 1. The molecule has 1 heterocycles. The van der Waals surface area contributed by atoms with E-state index < -0.39 is 0 Å². The van der Waals surface area contributed by atoms with Gasteiger partial charge in [0.05, 0.1) is 0 Å². The van der Waals surface area contributed by atoms with Crippen molar-refractivity contribution in [1.82, 2.24) is 4.90 Å². The topological polar surface area (TPSA) is 20.3 Å². The molecule has 0 atom stereocenters. The Bertz CT molecular complexity index is 139. The Balaban J connectivity index is 1.97. The summed E-state index contributed by atoms with van der Waals surface area (Å²) >= 11 is 0. The number of rotatable bonds is 5. The first-order valence-electron chi connectivity index (χ1n) is 5.07. The van der Waals surface area contributed by atoms with E-state index in [0.717, 1.165) is 19.4 Å². The number of likely N-dealkylation sites (tertiary alicyclic amines) is 1. The number of nitrogens with zero attached hydrogens (tertiary/aromatic N) is 1. The molecule has 0 saturated carbocycles. The molecule has 0 radical (unpaired) electrons. The van der Waals surface area contributed by atoms with Crippen LogP contribution < -0.4 is 0 Å². The minimum Gasteiger partial charge on any atom is -0.303 e. The van der Waals surface area contributed by atoms with Crippen LogP contribution >= 0.6 is 0 Å². The van der Waals surface area contributed by atoms with E-state index in [2.05, 4.69) is 4.90 Å². The van der Waals surface area contributed by atoms with Crippen molar-refractivity contribution in [2.75, 3.05) is 19.6 Å². The lowest BCUT2D eigenvalue weighted by atomic mass is 10.2. The Morgan fingerprint density at radius 3 is 2.58 bits per heavy atom. The minimum absolute atomic E-state index is 0.411. The van der Waals surface area contributed by atoms with Gasteiger partial charge in [-0.1, -0.05) is 6.92 Å². The number of Topliss-reactive ketones (excluding diaryl/α,β-unsaturated/α-hetero) is 1. The Kier molecular flexibility index (Phi) is 4.30. The van der Waals surface area contributed by atoms with E-state index in [0.29, 0.717) is 12.2 Å². The van der Waals surface area contributed by atoms with Gasteiger partial charge in [0.1, 0.15) is 5.78 Å². The van der Waals surface area contributed by atoms with Crippen molar-refractivity contribution < 1.29 is 4.79 Å². The van der Waals surface area contributed by atoms with Crippen molar-refractivity contribution in [2.45, 2.75) is 39.0 Å². The van der Waals surface area contributed by atoms with Crippen molar-refractivity contribution >= 4 is 5.78 Å². The maximum atomic E-state index is 11.0. The highest BCUT2D eigenvalue weighted by Gasteiger charge is 2.10. The minimum atomic E-state index is 0.411. The normalized spacial score (nSPS) is 18.4. The monoisotopic (exact) mass is 169 g/mol. The van der Waals surface area contributed by atoms with Gasteiger partial charge >= 0.3 is 0 Å². The van der Waals surface area contributed by atoms with Gasteiger partial charge in [-0.25, -0.2) is 0 Å². The molecule has 1 saturated heterocycles. The molecule has 0 aromatic rings. The zero-order valence-corrected chi connectivity index (χ0v) is 8.01. The summed E-state index contributed by atoms with van der Waals surface area (Å²) in [6, 6.07) is 0. The largest absolute Gasteiger partial charge is 0.303 e. The van der Waals surface area contributed by atoms with Gasteiger partial charge in [-0.05, 0) is 38.9 Å². The van der Waals surface area contributed by atoms with Crippen LogP contribution in [0, 0.1) is 0 Å². The Hall–Kier alpha value is -0.370. The summed E-state index contributed by atoms with van der Waals surface area (Å²) in [5.74, 6) is 0.411. The third-order valence-electron chi connectivity index (χ3n) is 2.52. The quantitative estimate of drug-likeness (QED) is 0.626. The average Bonchev–Trinajstić information content (AvgIpc) is 2.57. The van der Waals surface area contributed by atoms with Gasteiger partial charge in [-0.15, -0.1) is 0 Å². The summed E-state index contributed by atoms with van der Waals surface area (Å²) < 4.78 is 0. The molecule has 0 aromatic heterocycles. The second-order valence-corrected chi connectivity index (χ2v) is 3.54. The van der Waals surface area contributed by atoms with E-state index in [9.17, 15) is 4.79 Å². The van der Waals surface area contributed by atoms with Crippen LogP contribution in [0.15, 0.2) is 0 Å². The number of hydrogen-bond acceptors (Lipinski definition) is 2. The first kappa shape index (κ1) is 9.72. The van der Waals surface area contributed by atoms with E-state index in [4.69, 9.17) is 0 Å². The maximum Gasteiger partial charge on any atom is 0.132 e. The summed E-state index contributed by atoms with van der Waals surface area (Å²) in [7, 11) is 0. The molecule has 12 heavy (non-hydrogen) atoms. The van der Waals surface area contributed by atoms with Crippen LogP contribution in [-0.2, 0) is 4.79 Å². The highest BCUT2D eigenvalue weighted by molar-refractivity contribution is 5.77. The molecule has 70 valence electrons. The zero-order chi connectivity index (χ0) is 8.81. The molecule has 0 bridgehead atoms. The summed E-state index contributed by atoms with van der Waals surface area (Å²) in [5.41, 5.74) is 0. The highest BCUT2D eigenvalue weighted by atomic mass is 16.1. The van der Waals surface area contributed by atoms with Crippen molar-refractivity contribution in [3.05, 3.63) is 0 Å². The molecule has 0 aromatic carbocycles. The van der Waals surface area contributed by atoms with Gasteiger partial charge in [0, 0.05) is 12.8 Å². The molecule has 0 N–H and O–H groups in total. The molecule has 2 heteroatoms. The lowest BCUT2D eigenvalue weighted by molar-refractivity contribution is -0.118. The Labute approximate surface area is 74.9 Å². The summed E-state index contributed by atoms with van der Waals surface area (Å²) in [4.78, 5) is 13.4. The van der Waals surface area contributed by atoms with Crippen LogP contribution in [0.5, 0.6) is 0 Å². The molecule has 1 aliphatic rings. The molecule has 1 rings (SSSR count). The molecule has 0 unspecified atom stereocenters. The molecule has 0 spiro atoms. The lowest BCUT2D eigenvalue weighted by Crippen LogP contribution is -2.20. The van der Waals surface area contributed by atoms with Crippen molar-refractivity contribution in [2.24, 2.45) is 0 Å². The average molecular weight is 169 g/mol. The Morgan fingerprint density at radius 2 is 2.00 bits per heavy atom. The predicted octanol–water partition coefficient (Wildman–Crippen LogP) is 1.84. The van der Waals surface area contributed by atoms with E-state index in [1.807, 2.05) is 6.92 Å². The van der Waals surface area contributed by atoms with Gasteiger partial charge in [-0.2, -0.15) is 0 Å². The fraction of sp³-hybridized carbons (Fsp3) is 0.900. The zero-order valence-electron chi connectivity index (χ0n) is 8.01. The van der Waals surface area contributed by atoms with E-state index in [1.165, 1.54) is 25.9 Å². The van der Waals surface area contributed by atoms with E-state index in [1.54, 1.807) is 0 Å². The van der Waals surface area contributed by atoms with Gasteiger partial charge in [0.2, 0.25) is 0 Å². The Morgan fingerprint density at radius 1 is 1.33 bits per heavy atom. The van der Waals surface area contributed by atoms with Crippen LogP contribution in [0.25, 0.3) is 0 Å². The van der Waals surface area contributed by atoms with Gasteiger partial charge in [0.15, 0.2) is 0 Å². The van der Waals surface area contributed by atoms with Gasteiger partial charge in [-0.3, -0.25) is 4.79 Å². The molecule has 0 amide bonds. The fourth-order valence-electron chi connectivity index (χ4n) is 1.68. The first-order chi connectivity index (χ1) is 5.83. The third-order valence-corrected chi connectivity index (χ3v) is 2.52. The van der Waals surface area contributed by atoms with E-state index >= 15 is 0 Å². The molecular weight excluding hydrogens is 150 g/mol. The summed E-state index contributed by atoms with van der Waals surface area (Å²) in [6.45, 7) is 5.57. The summed E-state index contributed by atoms with van der Waals surface area (Å²) in [5, 5.41) is 0. The summed E-state index contributed by atoms with van der Waals surface area (Å²) in [6.07, 6.45) is 5.25. The van der Waals surface area contributed by atoms with Crippen molar-refractivity contribution in [1.29, 1.82) is 0 Å². The first-order valence-corrected chi connectivity index (χ1v) is 5.07. The third kappa shape index (κ3) is 3.35. The SMILES string of the molecule is CCC(=O)CCCN1CCCC1. The van der Waals surface area contributed by atoms with Crippen LogP contribution in [0.2, 0.25) is 0 Å². The van der Waals surface area contributed by atoms with Crippen LogP contribution in [0.3, 0.4) is 0 Å². The molecular formula is C10H19NO. The van der Waals surface area contributed by atoms with Crippen LogP contribution in [0.1, 0.15) is 39.0 Å².